The first-order valence-corrected chi connectivity index (χ1v) is 12.2. The van der Waals surface area contributed by atoms with E-state index in [0.717, 1.165) is 42.0 Å². The summed E-state index contributed by atoms with van der Waals surface area (Å²) in [6, 6.07) is 13.7. The lowest BCUT2D eigenvalue weighted by Gasteiger charge is -2.13. The average molecular weight is 439 g/mol. The van der Waals surface area contributed by atoms with Crippen LogP contribution in [0.4, 0.5) is 10.1 Å². The standard InChI is InChI=1S/C20H27FN4O2S2/c1-3-22-20(23-13-6-14-28-18-11-9-17(21)10-12-18)24-15-16-7-4-5-8-19(16)25-29(2,26)27/h4-5,7-12,25H,3,6,13-15H2,1-2H3,(H2,22,23,24). The minimum Gasteiger partial charge on any atom is -0.357 e. The predicted octanol–water partition coefficient (Wildman–Crippen LogP) is 3.43. The van der Waals surface area contributed by atoms with Gasteiger partial charge in [0.1, 0.15) is 5.82 Å². The molecule has 158 valence electrons. The highest BCUT2D eigenvalue weighted by atomic mass is 32.2. The topological polar surface area (TPSA) is 82.6 Å². The van der Waals surface area contributed by atoms with E-state index in [1.165, 1.54) is 12.1 Å². The van der Waals surface area contributed by atoms with Crippen molar-refractivity contribution in [1.29, 1.82) is 0 Å². The molecule has 0 aliphatic rings. The minimum absolute atomic E-state index is 0.226. The largest absolute Gasteiger partial charge is 0.357 e. The van der Waals surface area contributed by atoms with Crippen LogP contribution in [0.15, 0.2) is 58.4 Å². The van der Waals surface area contributed by atoms with E-state index in [0.29, 0.717) is 18.2 Å². The molecule has 0 radical (unpaired) electrons. The number of aliphatic imine (C=N–C) groups is 1. The van der Waals surface area contributed by atoms with Gasteiger partial charge in [-0.2, -0.15) is 0 Å². The van der Waals surface area contributed by atoms with Crippen LogP contribution < -0.4 is 15.4 Å². The summed E-state index contributed by atoms with van der Waals surface area (Å²) in [4.78, 5) is 5.59. The summed E-state index contributed by atoms with van der Waals surface area (Å²) in [7, 11) is -3.35. The van der Waals surface area contributed by atoms with Gasteiger partial charge in [-0.15, -0.1) is 11.8 Å². The van der Waals surface area contributed by atoms with E-state index < -0.39 is 10.0 Å². The van der Waals surface area contributed by atoms with Crippen molar-refractivity contribution in [3.63, 3.8) is 0 Å². The van der Waals surface area contributed by atoms with E-state index in [-0.39, 0.29) is 5.82 Å². The van der Waals surface area contributed by atoms with Crippen molar-refractivity contribution in [1.82, 2.24) is 10.6 Å². The molecule has 0 amide bonds. The Morgan fingerprint density at radius 1 is 1.10 bits per heavy atom. The monoisotopic (exact) mass is 438 g/mol. The van der Waals surface area contributed by atoms with Crippen molar-refractivity contribution in [2.75, 3.05) is 29.8 Å². The summed E-state index contributed by atoms with van der Waals surface area (Å²) >= 11 is 1.68. The molecule has 0 saturated carbocycles. The molecule has 3 N–H and O–H groups in total. The third-order valence-electron chi connectivity index (χ3n) is 3.76. The summed E-state index contributed by atoms with van der Waals surface area (Å²) in [5.41, 5.74) is 1.33. The molecule has 0 unspecified atom stereocenters. The van der Waals surface area contributed by atoms with Crippen molar-refractivity contribution in [2.45, 2.75) is 24.8 Å². The molecule has 0 atom stereocenters. The number of anilines is 1. The SMILES string of the molecule is CCNC(=NCc1ccccc1NS(C)(=O)=O)NCCCSc1ccc(F)cc1. The Morgan fingerprint density at radius 2 is 1.83 bits per heavy atom. The average Bonchev–Trinajstić information content (AvgIpc) is 2.67. The zero-order chi connectivity index (χ0) is 21.1. The number of hydrogen-bond donors (Lipinski definition) is 3. The van der Waals surface area contributed by atoms with Crippen LogP contribution in [0.3, 0.4) is 0 Å². The number of nitrogens with one attached hydrogen (secondary N) is 3. The lowest BCUT2D eigenvalue weighted by Crippen LogP contribution is -2.37. The normalized spacial score (nSPS) is 11.9. The van der Waals surface area contributed by atoms with Crippen molar-refractivity contribution in [3.05, 3.63) is 59.9 Å². The van der Waals surface area contributed by atoms with Crippen molar-refractivity contribution < 1.29 is 12.8 Å². The number of para-hydroxylation sites is 1. The molecule has 0 bridgehead atoms. The van der Waals surface area contributed by atoms with E-state index in [2.05, 4.69) is 20.3 Å². The van der Waals surface area contributed by atoms with Gasteiger partial charge < -0.3 is 10.6 Å². The van der Waals surface area contributed by atoms with E-state index in [9.17, 15) is 12.8 Å². The second-order valence-electron chi connectivity index (χ2n) is 6.31. The molecule has 0 aliphatic carbocycles. The number of benzene rings is 2. The molecule has 6 nitrogen and oxygen atoms in total. The summed E-state index contributed by atoms with van der Waals surface area (Å²) < 4.78 is 38.5. The Balaban J connectivity index is 1.85. The Labute approximate surface area is 176 Å². The molecule has 0 saturated heterocycles. The fourth-order valence-corrected chi connectivity index (χ4v) is 3.91. The van der Waals surface area contributed by atoms with Crippen molar-refractivity contribution >= 4 is 33.4 Å². The van der Waals surface area contributed by atoms with Crippen molar-refractivity contribution in [2.24, 2.45) is 4.99 Å². The lowest BCUT2D eigenvalue weighted by atomic mass is 10.2. The van der Waals surface area contributed by atoms with Crippen LogP contribution in [0.1, 0.15) is 18.9 Å². The molecule has 0 heterocycles. The van der Waals surface area contributed by atoms with Crippen LogP contribution in [0.2, 0.25) is 0 Å². The van der Waals surface area contributed by atoms with Crippen LogP contribution >= 0.6 is 11.8 Å². The maximum absolute atomic E-state index is 12.9. The van der Waals surface area contributed by atoms with Crippen molar-refractivity contribution in [3.8, 4) is 0 Å². The maximum atomic E-state index is 12.9. The highest BCUT2D eigenvalue weighted by Gasteiger charge is 2.07. The lowest BCUT2D eigenvalue weighted by molar-refractivity contribution is 0.606. The summed E-state index contributed by atoms with van der Waals surface area (Å²) in [6.07, 6.45) is 2.04. The van der Waals surface area contributed by atoms with E-state index in [1.54, 1.807) is 36.0 Å². The predicted molar refractivity (Wildman–Crippen MR) is 119 cm³/mol. The maximum Gasteiger partial charge on any atom is 0.229 e. The number of rotatable bonds is 10. The molecule has 2 rings (SSSR count). The van der Waals surface area contributed by atoms with Gasteiger partial charge in [0.2, 0.25) is 10.0 Å². The highest BCUT2D eigenvalue weighted by Crippen LogP contribution is 2.19. The van der Waals surface area contributed by atoms with E-state index in [4.69, 9.17) is 0 Å². The first-order chi connectivity index (χ1) is 13.9. The van der Waals surface area contributed by atoms with E-state index in [1.807, 2.05) is 19.1 Å². The van der Waals surface area contributed by atoms with Gasteiger partial charge in [-0.05, 0) is 55.0 Å². The molecular formula is C20H27FN4O2S2. The Hall–Kier alpha value is -2.26. The molecule has 0 fully saturated rings. The smallest absolute Gasteiger partial charge is 0.229 e. The number of sulfonamides is 1. The van der Waals surface area contributed by atoms with Gasteiger partial charge in [-0.25, -0.2) is 17.8 Å². The Morgan fingerprint density at radius 3 is 2.52 bits per heavy atom. The number of nitrogens with zero attached hydrogens (tertiary/aromatic N) is 1. The first-order valence-electron chi connectivity index (χ1n) is 9.33. The number of guanidine groups is 1. The van der Waals surface area contributed by atoms with Crippen LogP contribution in [0.25, 0.3) is 0 Å². The number of thioether (sulfide) groups is 1. The minimum atomic E-state index is -3.35. The van der Waals surface area contributed by atoms with Gasteiger partial charge >= 0.3 is 0 Å². The zero-order valence-electron chi connectivity index (χ0n) is 16.6. The Kier molecular flexibility index (Phi) is 9.27. The van der Waals surface area contributed by atoms with Gasteiger partial charge in [0, 0.05) is 18.0 Å². The van der Waals surface area contributed by atoms with Crippen LogP contribution in [-0.4, -0.2) is 39.5 Å². The second kappa shape index (κ2) is 11.7. The third-order valence-corrected chi connectivity index (χ3v) is 5.45. The molecule has 0 spiro atoms. The first kappa shape index (κ1) is 23.0. The highest BCUT2D eigenvalue weighted by molar-refractivity contribution is 7.99. The summed E-state index contributed by atoms with van der Waals surface area (Å²) in [6.45, 7) is 3.79. The fourth-order valence-electron chi connectivity index (χ4n) is 2.46. The summed E-state index contributed by atoms with van der Waals surface area (Å²) in [5, 5.41) is 6.47. The van der Waals surface area contributed by atoms with Gasteiger partial charge in [-0.1, -0.05) is 18.2 Å². The van der Waals surface area contributed by atoms with Crippen LogP contribution in [0.5, 0.6) is 0 Å². The fraction of sp³-hybridized carbons (Fsp3) is 0.350. The molecular weight excluding hydrogens is 411 g/mol. The van der Waals surface area contributed by atoms with Gasteiger partial charge in [-0.3, -0.25) is 4.72 Å². The molecule has 2 aromatic carbocycles. The molecule has 29 heavy (non-hydrogen) atoms. The van der Waals surface area contributed by atoms with Crippen LogP contribution in [-0.2, 0) is 16.6 Å². The van der Waals surface area contributed by atoms with Gasteiger partial charge in [0.15, 0.2) is 5.96 Å². The molecule has 0 aromatic heterocycles. The van der Waals surface area contributed by atoms with Gasteiger partial charge in [0.05, 0.1) is 18.5 Å². The third kappa shape index (κ3) is 9.19. The molecule has 2 aromatic rings. The zero-order valence-corrected chi connectivity index (χ0v) is 18.2. The Bertz CT molecular complexity index is 903. The second-order valence-corrected chi connectivity index (χ2v) is 9.23. The van der Waals surface area contributed by atoms with E-state index >= 15 is 0 Å². The van der Waals surface area contributed by atoms with Crippen LogP contribution in [0, 0.1) is 5.82 Å². The quantitative estimate of drug-likeness (QED) is 0.229. The number of hydrogen-bond acceptors (Lipinski definition) is 4. The number of halogens is 1. The summed E-state index contributed by atoms with van der Waals surface area (Å²) in [5.74, 6) is 1.35. The molecule has 9 heteroatoms. The molecule has 0 aliphatic heterocycles. The van der Waals surface area contributed by atoms with Gasteiger partial charge in [0.25, 0.3) is 0 Å².